The number of carbonyl (C=O) groups is 1. The van der Waals surface area contributed by atoms with E-state index in [9.17, 15) is 4.79 Å². The number of hydrogen-bond acceptors (Lipinski definition) is 4. The summed E-state index contributed by atoms with van der Waals surface area (Å²) in [4.78, 5) is 15.6. The molecule has 0 aliphatic carbocycles. The van der Waals surface area contributed by atoms with Gasteiger partial charge in [-0.15, -0.1) is 0 Å². The third-order valence-corrected chi connectivity index (χ3v) is 2.74. The summed E-state index contributed by atoms with van der Waals surface area (Å²) in [6.07, 6.45) is 1.69. The SMILES string of the molecule is COC(=O)c1cccc(-c2cnc(N)c(C)c2)c1. The van der Waals surface area contributed by atoms with Crippen molar-refractivity contribution in [1.82, 2.24) is 4.98 Å². The maximum atomic E-state index is 11.5. The zero-order chi connectivity index (χ0) is 13.1. The molecule has 1 heterocycles. The number of carbonyl (C=O) groups excluding carboxylic acids is 1. The number of aryl methyl sites for hydroxylation is 1. The fraction of sp³-hybridized carbons (Fsp3) is 0.143. The standard InChI is InChI=1S/C14H14N2O2/c1-9-6-12(8-16-13(9)15)10-4-3-5-11(7-10)14(17)18-2/h3-8H,1-2H3,(H2,15,16). The third-order valence-electron chi connectivity index (χ3n) is 2.74. The minimum Gasteiger partial charge on any atom is -0.465 e. The van der Waals surface area contributed by atoms with Crippen LogP contribution in [-0.4, -0.2) is 18.1 Å². The molecule has 4 heteroatoms. The lowest BCUT2D eigenvalue weighted by atomic mass is 10.0. The number of hydrogen-bond donors (Lipinski definition) is 1. The highest BCUT2D eigenvalue weighted by atomic mass is 16.5. The summed E-state index contributed by atoms with van der Waals surface area (Å²) >= 11 is 0. The van der Waals surface area contributed by atoms with Crippen molar-refractivity contribution in [3.63, 3.8) is 0 Å². The predicted octanol–water partition coefficient (Wildman–Crippen LogP) is 2.43. The first-order chi connectivity index (χ1) is 8.61. The lowest BCUT2D eigenvalue weighted by molar-refractivity contribution is 0.0601. The van der Waals surface area contributed by atoms with Gasteiger partial charge in [0.2, 0.25) is 0 Å². The van der Waals surface area contributed by atoms with Crippen molar-refractivity contribution in [2.75, 3.05) is 12.8 Å². The van der Waals surface area contributed by atoms with E-state index in [2.05, 4.69) is 4.98 Å². The van der Waals surface area contributed by atoms with Gasteiger partial charge >= 0.3 is 5.97 Å². The largest absolute Gasteiger partial charge is 0.465 e. The molecule has 0 bridgehead atoms. The Bertz CT molecular complexity index is 594. The van der Waals surface area contributed by atoms with Crippen LogP contribution in [0.4, 0.5) is 5.82 Å². The van der Waals surface area contributed by atoms with Gasteiger partial charge in [0.15, 0.2) is 0 Å². The van der Waals surface area contributed by atoms with Crippen molar-refractivity contribution < 1.29 is 9.53 Å². The highest BCUT2D eigenvalue weighted by molar-refractivity contribution is 5.91. The first kappa shape index (κ1) is 12.1. The number of ether oxygens (including phenoxy) is 1. The Balaban J connectivity index is 2.44. The molecule has 2 rings (SSSR count). The van der Waals surface area contributed by atoms with Gasteiger partial charge < -0.3 is 10.5 Å². The van der Waals surface area contributed by atoms with Crippen LogP contribution in [0.2, 0.25) is 0 Å². The van der Waals surface area contributed by atoms with Crippen LogP contribution >= 0.6 is 0 Å². The van der Waals surface area contributed by atoms with Gasteiger partial charge in [0.05, 0.1) is 12.7 Å². The molecule has 18 heavy (non-hydrogen) atoms. The lowest BCUT2D eigenvalue weighted by Crippen LogP contribution is -2.01. The summed E-state index contributed by atoms with van der Waals surface area (Å²) in [6, 6.07) is 9.16. The number of nitrogens with two attached hydrogens (primary N) is 1. The molecular weight excluding hydrogens is 228 g/mol. The Morgan fingerprint density at radius 1 is 1.28 bits per heavy atom. The Kier molecular flexibility index (Phi) is 3.28. The molecular formula is C14H14N2O2. The summed E-state index contributed by atoms with van der Waals surface area (Å²) in [5.41, 5.74) is 8.95. The second kappa shape index (κ2) is 4.87. The minimum atomic E-state index is -0.350. The number of pyridine rings is 1. The zero-order valence-corrected chi connectivity index (χ0v) is 10.3. The number of anilines is 1. The van der Waals surface area contributed by atoms with E-state index in [0.29, 0.717) is 11.4 Å². The minimum absolute atomic E-state index is 0.350. The van der Waals surface area contributed by atoms with Crippen molar-refractivity contribution in [1.29, 1.82) is 0 Å². The molecule has 0 saturated carbocycles. The molecule has 1 aromatic heterocycles. The number of nitrogen functional groups attached to an aromatic ring is 1. The Morgan fingerprint density at radius 3 is 2.72 bits per heavy atom. The van der Waals surface area contributed by atoms with E-state index in [1.807, 2.05) is 25.1 Å². The van der Waals surface area contributed by atoms with E-state index in [1.165, 1.54) is 7.11 Å². The molecule has 1 aromatic carbocycles. The van der Waals surface area contributed by atoms with Crippen LogP contribution in [-0.2, 0) is 4.74 Å². The van der Waals surface area contributed by atoms with E-state index >= 15 is 0 Å². The average Bonchev–Trinajstić information content (AvgIpc) is 2.41. The first-order valence-electron chi connectivity index (χ1n) is 5.52. The normalized spacial score (nSPS) is 10.1. The summed E-state index contributed by atoms with van der Waals surface area (Å²) in [6.45, 7) is 1.90. The summed E-state index contributed by atoms with van der Waals surface area (Å²) in [7, 11) is 1.37. The van der Waals surface area contributed by atoms with Crippen LogP contribution < -0.4 is 5.73 Å². The molecule has 0 atom stereocenters. The molecule has 0 unspecified atom stereocenters. The van der Waals surface area contributed by atoms with E-state index < -0.39 is 0 Å². The monoisotopic (exact) mass is 242 g/mol. The number of aromatic nitrogens is 1. The van der Waals surface area contributed by atoms with Gasteiger partial charge in [-0.25, -0.2) is 9.78 Å². The van der Waals surface area contributed by atoms with Crippen LogP contribution in [0.1, 0.15) is 15.9 Å². The van der Waals surface area contributed by atoms with Crippen LogP contribution in [0.3, 0.4) is 0 Å². The van der Waals surface area contributed by atoms with Crippen molar-refractivity contribution in [3.05, 3.63) is 47.7 Å². The Hall–Kier alpha value is -2.36. The highest BCUT2D eigenvalue weighted by Gasteiger charge is 2.07. The van der Waals surface area contributed by atoms with Gasteiger partial charge in [-0.05, 0) is 36.2 Å². The van der Waals surface area contributed by atoms with E-state index in [0.717, 1.165) is 16.7 Å². The average molecular weight is 242 g/mol. The molecule has 0 aliphatic heterocycles. The molecule has 4 nitrogen and oxygen atoms in total. The van der Waals surface area contributed by atoms with Gasteiger partial charge in [0.25, 0.3) is 0 Å². The molecule has 2 N–H and O–H groups in total. The van der Waals surface area contributed by atoms with E-state index in [-0.39, 0.29) is 5.97 Å². The topological polar surface area (TPSA) is 65.2 Å². The number of nitrogens with zero attached hydrogens (tertiary/aromatic N) is 1. The molecule has 0 saturated heterocycles. The molecule has 0 spiro atoms. The van der Waals surface area contributed by atoms with Crippen molar-refractivity contribution in [2.24, 2.45) is 0 Å². The van der Waals surface area contributed by atoms with Crippen molar-refractivity contribution in [2.45, 2.75) is 6.92 Å². The van der Waals surface area contributed by atoms with Gasteiger partial charge in [-0.3, -0.25) is 0 Å². The molecule has 0 amide bonds. The third kappa shape index (κ3) is 2.32. The van der Waals surface area contributed by atoms with Crippen LogP contribution in [0.15, 0.2) is 36.5 Å². The zero-order valence-electron chi connectivity index (χ0n) is 10.3. The fourth-order valence-electron chi connectivity index (χ4n) is 1.69. The van der Waals surface area contributed by atoms with Gasteiger partial charge in [0, 0.05) is 11.8 Å². The Labute approximate surface area is 105 Å². The Morgan fingerprint density at radius 2 is 2.06 bits per heavy atom. The maximum Gasteiger partial charge on any atom is 0.337 e. The predicted molar refractivity (Wildman–Crippen MR) is 70.2 cm³/mol. The van der Waals surface area contributed by atoms with Crippen LogP contribution in [0.5, 0.6) is 0 Å². The second-order valence-corrected chi connectivity index (χ2v) is 4.00. The molecule has 0 fully saturated rings. The molecule has 2 aromatic rings. The molecule has 92 valence electrons. The first-order valence-corrected chi connectivity index (χ1v) is 5.52. The quantitative estimate of drug-likeness (QED) is 0.821. The number of methoxy groups -OCH3 is 1. The fourth-order valence-corrected chi connectivity index (χ4v) is 1.69. The second-order valence-electron chi connectivity index (χ2n) is 4.00. The van der Waals surface area contributed by atoms with Crippen LogP contribution in [0, 0.1) is 6.92 Å². The van der Waals surface area contributed by atoms with Crippen molar-refractivity contribution >= 4 is 11.8 Å². The number of benzene rings is 1. The van der Waals surface area contributed by atoms with Crippen molar-refractivity contribution in [3.8, 4) is 11.1 Å². The van der Waals surface area contributed by atoms with Gasteiger partial charge in [0.1, 0.15) is 5.82 Å². The lowest BCUT2D eigenvalue weighted by Gasteiger charge is -2.06. The van der Waals surface area contributed by atoms with E-state index in [1.54, 1.807) is 18.3 Å². The van der Waals surface area contributed by atoms with E-state index in [4.69, 9.17) is 10.5 Å². The summed E-state index contributed by atoms with van der Waals surface area (Å²) in [5, 5.41) is 0. The summed E-state index contributed by atoms with van der Waals surface area (Å²) in [5.74, 6) is 0.167. The highest BCUT2D eigenvalue weighted by Crippen LogP contribution is 2.22. The van der Waals surface area contributed by atoms with Gasteiger partial charge in [-0.2, -0.15) is 0 Å². The smallest absolute Gasteiger partial charge is 0.337 e. The molecule has 0 radical (unpaired) electrons. The van der Waals surface area contributed by atoms with Gasteiger partial charge in [-0.1, -0.05) is 12.1 Å². The summed E-state index contributed by atoms with van der Waals surface area (Å²) < 4.78 is 4.70. The number of rotatable bonds is 2. The number of esters is 1. The molecule has 0 aliphatic rings. The van der Waals surface area contributed by atoms with Crippen LogP contribution in [0.25, 0.3) is 11.1 Å². The maximum absolute atomic E-state index is 11.5.